The van der Waals surface area contributed by atoms with Gasteiger partial charge in [-0.25, -0.2) is 15.0 Å². The van der Waals surface area contributed by atoms with Gasteiger partial charge in [-0.1, -0.05) is 25.5 Å². The number of amides is 1. The van der Waals surface area contributed by atoms with Gasteiger partial charge in [0.2, 0.25) is 5.91 Å². The molecule has 2 aliphatic rings. The second-order valence-electron chi connectivity index (χ2n) is 8.66. The number of rotatable bonds is 4. The third-order valence-electron chi connectivity index (χ3n) is 6.64. The number of carbonyl (C=O) groups excluding carboxylic acids is 1. The first-order chi connectivity index (χ1) is 15.2. The zero-order valence-electron chi connectivity index (χ0n) is 18.2. The molecule has 1 amide bonds. The summed E-state index contributed by atoms with van der Waals surface area (Å²) in [5.41, 5.74) is 4.00. The molecular formula is C24H30N6O. The standard InChI is InChI=1S/C24H30N6O/c1-2-17-7-6-8-19(15-17)27-24(31)18-10-13-29(14-11-18)22-21-23(26-16-25-22)30-12-5-3-4-9-20(30)28-21/h6-8,15-16,18H,2-5,9-14H2,1H3,(H,27,31). The molecule has 1 fully saturated rings. The monoisotopic (exact) mass is 418 g/mol. The lowest BCUT2D eigenvalue weighted by atomic mass is 9.95. The van der Waals surface area contributed by atoms with E-state index in [1.165, 1.54) is 24.8 Å². The van der Waals surface area contributed by atoms with Crippen molar-refractivity contribution in [2.24, 2.45) is 5.92 Å². The number of aromatic nitrogens is 4. The van der Waals surface area contributed by atoms with Crippen molar-refractivity contribution >= 4 is 28.6 Å². The van der Waals surface area contributed by atoms with Crippen LogP contribution >= 0.6 is 0 Å². The summed E-state index contributed by atoms with van der Waals surface area (Å²) in [6, 6.07) is 8.12. The van der Waals surface area contributed by atoms with Crippen LogP contribution < -0.4 is 10.2 Å². The Balaban J connectivity index is 1.28. The fourth-order valence-corrected chi connectivity index (χ4v) is 4.82. The molecule has 0 spiro atoms. The number of benzene rings is 1. The topological polar surface area (TPSA) is 75.9 Å². The van der Waals surface area contributed by atoms with E-state index >= 15 is 0 Å². The molecule has 0 aliphatic carbocycles. The number of piperidine rings is 1. The van der Waals surface area contributed by atoms with Gasteiger partial charge >= 0.3 is 0 Å². The fraction of sp³-hybridized carbons (Fsp3) is 0.500. The maximum Gasteiger partial charge on any atom is 0.227 e. The van der Waals surface area contributed by atoms with Crippen LogP contribution in [0.2, 0.25) is 0 Å². The first kappa shape index (κ1) is 20.0. The van der Waals surface area contributed by atoms with Gasteiger partial charge in [-0.15, -0.1) is 0 Å². The van der Waals surface area contributed by atoms with Crippen molar-refractivity contribution in [1.29, 1.82) is 0 Å². The predicted octanol–water partition coefficient (Wildman–Crippen LogP) is 3.97. The maximum atomic E-state index is 12.8. The van der Waals surface area contributed by atoms with E-state index in [9.17, 15) is 4.79 Å². The minimum absolute atomic E-state index is 0.0255. The smallest absolute Gasteiger partial charge is 0.227 e. The molecule has 5 rings (SSSR count). The molecule has 1 aromatic carbocycles. The third-order valence-corrected chi connectivity index (χ3v) is 6.64. The molecule has 162 valence electrons. The lowest BCUT2D eigenvalue weighted by molar-refractivity contribution is -0.120. The van der Waals surface area contributed by atoms with E-state index in [4.69, 9.17) is 4.98 Å². The van der Waals surface area contributed by atoms with Crippen LogP contribution in [-0.2, 0) is 24.2 Å². The Hall–Kier alpha value is -2.96. The summed E-state index contributed by atoms with van der Waals surface area (Å²) >= 11 is 0. The largest absolute Gasteiger partial charge is 0.355 e. The summed E-state index contributed by atoms with van der Waals surface area (Å²) in [4.78, 5) is 29.2. The number of carbonyl (C=O) groups is 1. The van der Waals surface area contributed by atoms with Crippen LogP contribution in [0.5, 0.6) is 0 Å². The first-order valence-corrected chi connectivity index (χ1v) is 11.6. The Morgan fingerprint density at radius 3 is 2.84 bits per heavy atom. The van der Waals surface area contributed by atoms with Gasteiger partial charge in [0.1, 0.15) is 12.2 Å². The highest BCUT2D eigenvalue weighted by Crippen LogP contribution is 2.29. The van der Waals surface area contributed by atoms with E-state index in [1.807, 2.05) is 12.1 Å². The van der Waals surface area contributed by atoms with Gasteiger partial charge in [0, 0.05) is 37.7 Å². The van der Waals surface area contributed by atoms with Gasteiger partial charge < -0.3 is 14.8 Å². The highest BCUT2D eigenvalue weighted by Gasteiger charge is 2.28. The van der Waals surface area contributed by atoms with Crippen molar-refractivity contribution < 1.29 is 4.79 Å². The molecular weight excluding hydrogens is 388 g/mol. The van der Waals surface area contributed by atoms with E-state index in [0.29, 0.717) is 0 Å². The Labute approximate surface area is 182 Å². The number of hydrogen-bond donors (Lipinski definition) is 1. The molecule has 4 heterocycles. The zero-order valence-corrected chi connectivity index (χ0v) is 18.2. The Morgan fingerprint density at radius 2 is 2.00 bits per heavy atom. The summed E-state index contributed by atoms with van der Waals surface area (Å²) in [6.45, 7) is 4.73. The van der Waals surface area contributed by atoms with Gasteiger partial charge in [0.15, 0.2) is 17.0 Å². The molecule has 1 N–H and O–H groups in total. The van der Waals surface area contributed by atoms with Crippen molar-refractivity contribution in [2.45, 2.75) is 58.4 Å². The molecule has 2 aliphatic heterocycles. The summed E-state index contributed by atoms with van der Waals surface area (Å²) in [5.74, 6) is 2.20. The molecule has 3 aromatic rings. The number of nitrogens with zero attached hydrogens (tertiary/aromatic N) is 5. The SMILES string of the molecule is CCc1cccc(NC(=O)C2CCN(c3ncnc4c3nc3n4CCCCC3)CC2)c1. The molecule has 0 saturated carbocycles. The summed E-state index contributed by atoms with van der Waals surface area (Å²) in [5, 5.41) is 3.11. The molecule has 31 heavy (non-hydrogen) atoms. The minimum Gasteiger partial charge on any atom is -0.355 e. The van der Waals surface area contributed by atoms with Gasteiger partial charge in [0.05, 0.1) is 0 Å². The molecule has 1 saturated heterocycles. The lowest BCUT2D eigenvalue weighted by Crippen LogP contribution is -2.38. The van der Waals surface area contributed by atoms with Crippen LogP contribution in [0.3, 0.4) is 0 Å². The van der Waals surface area contributed by atoms with E-state index in [1.54, 1.807) is 6.33 Å². The summed E-state index contributed by atoms with van der Waals surface area (Å²) in [7, 11) is 0. The van der Waals surface area contributed by atoms with Crippen LogP contribution in [0.1, 0.15) is 50.4 Å². The molecule has 7 heteroatoms. The number of imidazole rings is 1. The average Bonchev–Trinajstić information content (AvgIpc) is 3.00. The Kier molecular flexibility index (Phi) is 5.57. The van der Waals surface area contributed by atoms with Crippen molar-refractivity contribution in [3.05, 3.63) is 42.0 Å². The van der Waals surface area contributed by atoms with E-state index in [0.717, 1.165) is 73.8 Å². The average molecular weight is 419 g/mol. The van der Waals surface area contributed by atoms with Gasteiger partial charge in [-0.2, -0.15) is 0 Å². The van der Waals surface area contributed by atoms with Crippen molar-refractivity contribution in [1.82, 2.24) is 19.5 Å². The maximum absolute atomic E-state index is 12.8. The molecule has 2 aromatic heterocycles. The highest BCUT2D eigenvalue weighted by atomic mass is 16.1. The van der Waals surface area contributed by atoms with Crippen LogP contribution in [0.4, 0.5) is 11.5 Å². The quantitative estimate of drug-likeness (QED) is 0.694. The number of fused-ring (bicyclic) bond motifs is 3. The van der Waals surface area contributed by atoms with Crippen molar-refractivity contribution in [3.63, 3.8) is 0 Å². The van der Waals surface area contributed by atoms with Crippen LogP contribution in [0.25, 0.3) is 11.2 Å². The second-order valence-corrected chi connectivity index (χ2v) is 8.66. The molecule has 0 atom stereocenters. The summed E-state index contributed by atoms with van der Waals surface area (Å²) in [6.07, 6.45) is 8.90. The number of hydrogen-bond acceptors (Lipinski definition) is 5. The number of aryl methyl sites for hydroxylation is 3. The highest BCUT2D eigenvalue weighted by molar-refractivity contribution is 5.93. The normalized spacial score (nSPS) is 17.4. The molecule has 0 unspecified atom stereocenters. The summed E-state index contributed by atoms with van der Waals surface area (Å²) < 4.78 is 2.28. The van der Waals surface area contributed by atoms with E-state index in [2.05, 4.69) is 43.8 Å². The Bertz CT molecular complexity index is 1080. The first-order valence-electron chi connectivity index (χ1n) is 11.6. The van der Waals surface area contributed by atoms with Crippen LogP contribution in [0.15, 0.2) is 30.6 Å². The number of nitrogens with one attached hydrogen (secondary N) is 1. The van der Waals surface area contributed by atoms with E-state index in [-0.39, 0.29) is 11.8 Å². The zero-order chi connectivity index (χ0) is 21.2. The molecule has 0 radical (unpaired) electrons. The van der Waals surface area contributed by atoms with Gasteiger partial charge in [-0.3, -0.25) is 4.79 Å². The third kappa shape index (κ3) is 4.01. The molecule has 7 nitrogen and oxygen atoms in total. The van der Waals surface area contributed by atoms with E-state index < -0.39 is 0 Å². The van der Waals surface area contributed by atoms with Gasteiger partial charge in [0.25, 0.3) is 0 Å². The Morgan fingerprint density at radius 1 is 1.13 bits per heavy atom. The van der Waals surface area contributed by atoms with Crippen LogP contribution in [-0.4, -0.2) is 38.5 Å². The molecule has 0 bridgehead atoms. The predicted molar refractivity (Wildman–Crippen MR) is 122 cm³/mol. The van der Waals surface area contributed by atoms with Crippen LogP contribution in [0, 0.1) is 5.92 Å². The minimum atomic E-state index is 0.0255. The number of anilines is 2. The van der Waals surface area contributed by atoms with Crippen molar-refractivity contribution in [3.8, 4) is 0 Å². The lowest BCUT2D eigenvalue weighted by Gasteiger charge is -2.32. The van der Waals surface area contributed by atoms with Gasteiger partial charge in [-0.05, 0) is 49.8 Å². The fourth-order valence-electron chi connectivity index (χ4n) is 4.82. The van der Waals surface area contributed by atoms with Crippen molar-refractivity contribution in [2.75, 3.05) is 23.3 Å². The second kappa shape index (κ2) is 8.65.